The summed E-state index contributed by atoms with van der Waals surface area (Å²) in [5, 5.41) is 9.11. The second-order valence-electron chi connectivity index (χ2n) is 7.94. The van der Waals surface area contributed by atoms with E-state index in [2.05, 4.69) is 16.8 Å². The molecule has 3 heterocycles. The van der Waals surface area contributed by atoms with Crippen LogP contribution in [0.4, 0.5) is 5.82 Å². The average molecular weight is 415 g/mol. The van der Waals surface area contributed by atoms with Crippen molar-refractivity contribution in [2.75, 3.05) is 25.1 Å². The van der Waals surface area contributed by atoms with Crippen molar-refractivity contribution in [1.29, 1.82) is 5.26 Å². The number of rotatable bonds is 4. The maximum atomic E-state index is 13.3. The third-order valence-electron chi connectivity index (χ3n) is 5.87. The maximum Gasteiger partial charge on any atom is 0.293 e. The second kappa shape index (κ2) is 8.60. The first-order valence-electron chi connectivity index (χ1n) is 10.4. The van der Waals surface area contributed by atoms with Gasteiger partial charge in [0.15, 0.2) is 5.82 Å². The van der Waals surface area contributed by atoms with Gasteiger partial charge in [0.1, 0.15) is 17.5 Å². The Morgan fingerprint density at radius 2 is 1.77 bits per heavy atom. The minimum absolute atomic E-state index is 0.120. The Morgan fingerprint density at radius 1 is 1.10 bits per heavy atom. The number of anilines is 1. The van der Waals surface area contributed by atoms with Crippen molar-refractivity contribution in [1.82, 2.24) is 14.5 Å². The van der Waals surface area contributed by atoms with Crippen molar-refractivity contribution in [3.05, 3.63) is 58.6 Å². The maximum absolute atomic E-state index is 13.3. The third-order valence-corrected chi connectivity index (χ3v) is 5.87. The van der Waals surface area contributed by atoms with Gasteiger partial charge in [0.05, 0.1) is 18.5 Å². The van der Waals surface area contributed by atoms with Gasteiger partial charge in [-0.3, -0.25) is 4.79 Å². The number of benzene rings is 1. The van der Waals surface area contributed by atoms with E-state index in [1.165, 1.54) is 0 Å². The van der Waals surface area contributed by atoms with Crippen LogP contribution in [0.2, 0.25) is 0 Å². The number of methoxy groups -OCH3 is 1. The summed E-state index contributed by atoms with van der Waals surface area (Å²) in [4.78, 5) is 24.5. The lowest BCUT2D eigenvalue weighted by Gasteiger charge is -2.31. The molecule has 0 saturated carbocycles. The summed E-state index contributed by atoms with van der Waals surface area (Å²) >= 11 is 0. The van der Waals surface area contributed by atoms with Gasteiger partial charge in [0.25, 0.3) is 5.56 Å². The topological polar surface area (TPSA) is 84.0 Å². The number of hydrogen-bond acceptors (Lipinski definition) is 6. The van der Waals surface area contributed by atoms with Crippen LogP contribution < -0.4 is 15.2 Å². The van der Waals surface area contributed by atoms with Crippen molar-refractivity contribution < 1.29 is 4.74 Å². The lowest BCUT2D eigenvalue weighted by Crippen LogP contribution is -2.39. The highest BCUT2D eigenvalue weighted by molar-refractivity contribution is 5.79. The molecule has 0 bridgehead atoms. The van der Waals surface area contributed by atoms with Crippen LogP contribution in [0, 0.1) is 17.2 Å². The molecule has 2 aromatic heterocycles. The van der Waals surface area contributed by atoms with E-state index < -0.39 is 0 Å². The van der Waals surface area contributed by atoms with E-state index in [4.69, 9.17) is 15.0 Å². The van der Waals surface area contributed by atoms with Gasteiger partial charge in [-0.05, 0) is 55.2 Å². The van der Waals surface area contributed by atoms with Gasteiger partial charge in [0.2, 0.25) is 0 Å². The molecule has 158 valence electrons. The van der Waals surface area contributed by atoms with E-state index in [-0.39, 0.29) is 5.56 Å². The number of hydrogen-bond donors (Lipinski definition) is 0. The summed E-state index contributed by atoms with van der Waals surface area (Å²) in [6.45, 7) is 3.87. The molecule has 1 saturated heterocycles. The second-order valence-corrected chi connectivity index (χ2v) is 7.94. The molecule has 7 heteroatoms. The van der Waals surface area contributed by atoms with E-state index in [9.17, 15) is 4.79 Å². The molecule has 1 aliphatic heterocycles. The van der Waals surface area contributed by atoms with Crippen molar-refractivity contribution >= 4 is 5.82 Å². The van der Waals surface area contributed by atoms with Gasteiger partial charge in [-0.2, -0.15) is 5.26 Å². The molecule has 0 amide bonds. The predicted molar refractivity (Wildman–Crippen MR) is 120 cm³/mol. The SMILES string of the molecule is COc1ccc(-c2c(-c3ccc(C#N)nc3)nc(N3CCC(C)CC3)c(=O)n2C)cc1. The van der Waals surface area contributed by atoms with Crippen LogP contribution in [0.3, 0.4) is 0 Å². The minimum atomic E-state index is -0.120. The third kappa shape index (κ3) is 4.02. The molecule has 0 N–H and O–H groups in total. The predicted octanol–water partition coefficient (Wildman–Crippen LogP) is 3.63. The smallest absolute Gasteiger partial charge is 0.293 e. The average Bonchev–Trinajstić information content (AvgIpc) is 2.81. The number of pyridine rings is 1. The van der Waals surface area contributed by atoms with Gasteiger partial charge in [-0.25, -0.2) is 9.97 Å². The number of ether oxygens (including phenoxy) is 1. The van der Waals surface area contributed by atoms with Crippen LogP contribution in [0.25, 0.3) is 22.5 Å². The van der Waals surface area contributed by atoms with Crippen LogP contribution in [-0.2, 0) is 7.05 Å². The zero-order valence-corrected chi connectivity index (χ0v) is 18.0. The Bertz CT molecular complexity index is 1170. The van der Waals surface area contributed by atoms with Crippen molar-refractivity contribution in [3.63, 3.8) is 0 Å². The highest BCUT2D eigenvalue weighted by Crippen LogP contribution is 2.32. The Balaban J connectivity index is 1.90. The summed E-state index contributed by atoms with van der Waals surface area (Å²) in [6.07, 6.45) is 3.72. The summed E-state index contributed by atoms with van der Waals surface area (Å²) in [5.74, 6) is 1.86. The van der Waals surface area contributed by atoms with Gasteiger partial charge >= 0.3 is 0 Å². The van der Waals surface area contributed by atoms with Gasteiger partial charge in [0, 0.05) is 37.5 Å². The molecule has 7 nitrogen and oxygen atoms in total. The molecule has 1 aliphatic rings. The molecular weight excluding hydrogens is 390 g/mol. The normalized spacial score (nSPS) is 14.3. The van der Waals surface area contributed by atoms with E-state index in [1.807, 2.05) is 36.4 Å². The van der Waals surface area contributed by atoms with Gasteiger partial charge < -0.3 is 14.2 Å². The fraction of sp³-hybridized carbons (Fsp3) is 0.333. The Morgan fingerprint density at radius 3 is 2.35 bits per heavy atom. The zero-order chi connectivity index (χ0) is 22.0. The van der Waals surface area contributed by atoms with E-state index in [0.29, 0.717) is 28.8 Å². The molecule has 0 radical (unpaired) electrons. The summed E-state index contributed by atoms with van der Waals surface area (Å²) < 4.78 is 6.94. The zero-order valence-electron chi connectivity index (χ0n) is 18.0. The number of nitriles is 1. The molecule has 0 unspecified atom stereocenters. The first-order valence-corrected chi connectivity index (χ1v) is 10.4. The standard InChI is InChI=1S/C24H25N5O2/c1-16-10-12-29(13-11-16)23-24(30)28(2)22(17-5-8-20(31-3)9-6-17)21(27-23)18-4-7-19(14-25)26-15-18/h4-9,15-16H,10-13H2,1-3H3. The first-order chi connectivity index (χ1) is 15.0. The number of piperidine rings is 1. The largest absolute Gasteiger partial charge is 0.497 e. The number of aromatic nitrogens is 3. The molecular formula is C24H25N5O2. The summed E-state index contributed by atoms with van der Waals surface area (Å²) in [5.41, 5.74) is 3.19. The van der Waals surface area contributed by atoms with Crippen LogP contribution in [0.15, 0.2) is 47.4 Å². The minimum Gasteiger partial charge on any atom is -0.497 e. The lowest BCUT2D eigenvalue weighted by atomic mass is 9.99. The highest BCUT2D eigenvalue weighted by atomic mass is 16.5. The van der Waals surface area contributed by atoms with Crippen molar-refractivity contribution in [2.24, 2.45) is 13.0 Å². The molecule has 1 fully saturated rings. The van der Waals surface area contributed by atoms with E-state index in [0.717, 1.165) is 42.8 Å². The van der Waals surface area contributed by atoms with Crippen LogP contribution in [-0.4, -0.2) is 34.7 Å². The van der Waals surface area contributed by atoms with Crippen LogP contribution in [0.5, 0.6) is 5.75 Å². The molecule has 3 aromatic rings. The van der Waals surface area contributed by atoms with Crippen LogP contribution >= 0.6 is 0 Å². The summed E-state index contributed by atoms with van der Waals surface area (Å²) in [7, 11) is 3.40. The van der Waals surface area contributed by atoms with Crippen molar-refractivity contribution in [2.45, 2.75) is 19.8 Å². The lowest BCUT2D eigenvalue weighted by molar-refractivity contribution is 0.415. The molecule has 4 rings (SSSR count). The molecule has 0 spiro atoms. The fourth-order valence-corrected chi connectivity index (χ4v) is 3.92. The summed E-state index contributed by atoms with van der Waals surface area (Å²) in [6, 6.07) is 13.1. The van der Waals surface area contributed by atoms with Gasteiger partial charge in [-0.1, -0.05) is 6.92 Å². The first kappa shape index (κ1) is 20.6. The monoisotopic (exact) mass is 415 g/mol. The molecule has 31 heavy (non-hydrogen) atoms. The number of nitrogens with zero attached hydrogens (tertiary/aromatic N) is 5. The van der Waals surface area contributed by atoms with E-state index >= 15 is 0 Å². The quantitative estimate of drug-likeness (QED) is 0.647. The Kier molecular flexibility index (Phi) is 5.72. The van der Waals surface area contributed by atoms with Crippen molar-refractivity contribution in [3.8, 4) is 34.3 Å². The molecule has 0 atom stereocenters. The van der Waals surface area contributed by atoms with Crippen LogP contribution in [0.1, 0.15) is 25.5 Å². The van der Waals surface area contributed by atoms with E-state index in [1.54, 1.807) is 31.0 Å². The highest BCUT2D eigenvalue weighted by Gasteiger charge is 2.24. The molecule has 1 aromatic carbocycles. The fourth-order valence-electron chi connectivity index (χ4n) is 3.92. The Hall–Kier alpha value is -3.66. The Labute approximate surface area is 181 Å². The van der Waals surface area contributed by atoms with Gasteiger partial charge in [-0.15, -0.1) is 0 Å². The molecule has 0 aliphatic carbocycles.